The highest BCUT2D eigenvalue weighted by molar-refractivity contribution is 6.80. The highest BCUT2D eigenvalue weighted by atomic mass is 28.4. The van der Waals surface area contributed by atoms with Crippen molar-refractivity contribution in [3.05, 3.63) is 29.1 Å². The predicted octanol–water partition coefficient (Wildman–Crippen LogP) is 2.07. The molecule has 1 rings (SSSR count). The fraction of sp³-hybridized carbons (Fsp3) is 0.333. The van der Waals surface area contributed by atoms with Gasteiger partial charge < -0.3 is 4.90 Å². The quantitative estimate of drug-likeness (QED) is 0.271. The SMILES string of the molecule is CN(C)C[Si](F)(F)c1c(F)c(F)c(F)c(F)c1F. The second-order valence-corrected chi connectivity index (χ2v) is 6.11. The third-order valence-corrected chi connectivity index (χ3v) is 4.29. The minimum Gasteiger partial charge on any atom is -0.307 e. The maximum absolute atomic E-state index is 13.6. The Morgan fingerprint density at radius 3 is 1.44 bits per heavy atom. The zero-order valence-electron chi connectivity index (χ0n) is 9.30. The summed E-state index contributed by atoms with van der Waals surface area (Å²) in [4.78, 5) is 0.921. The molecule has 1 aromatic carbocycles. The van der Waals surface area contributed by atoms with Crippen molar-refractivity contribution < 1.29 is 30.2 Å². The summed E-state index contributed by atoms with van der Waals surface area (Å²) in [6.45, 7) is 0. The minimum atomic E-state index is -5.79. The van der Waals surface area contributed by atoms with Gasteiger partial charge in [0.2, 0.25) is 5.82 Å². The van der Waals surface area contributed by atoms with Gasteiger partial charge in [0.1, 0.15) is 0 Å². The van der Waals surface area contributed by atoms with E-state index >= 15 is 0 Å². The van der Waals surface area contributed by atoms with E-state index < -0.39 is 49.2 Å². The molecule has 1 aromatic rings. The molecule has 0 aromatic heterocycles. The Hall–Kier alpha value is -1.09. The van der Waals surface area contributed by atoms with Crippen molar-refractivity contribution in [1.82, 2.24) is 4.90 Å². The Kier molecular flexibility index (Phi) is 4.06. The van der Waals surface area contributed by atoms with Crippen LogP contribution in [0.5, 0.6) is 0 Å². The highest BCUT2D eigenvalue weighted by Crippen LogP contribution is 2.21. The molecule has 0 heterocycles. The minimum absolute atomic E-state index is 0.921. The molecule has 0 aliphatic rings. The molecule has 0 radical (unpaired) electrons. The van der Waals surface area contributed by atoms with Gasteiger partial charge in [0.25, 0.3) is 0 Å². The first-order chi connectivity index (χ1) is 8.09. The number of benzene rings is 1. The van der Waals surface area contributed by atoms with Crippen LogP contribution in [0.4, 0.5) is 30.2 Å². The molecule has 0 bridgehead atoms. The van der Waals surface area contributed by atoms with Gasteiger partial charge >= 0.3 is 8.74 Å². The molecule has 0 aliphatic heterocycles. The van der Waals surface area contributed by atoms with Crippen LogP contribution < -0.4 is 5.19 Å². The molecule has 18 heavy (non-hydrogen) atoms. The molecule has 0 N–H and O–H groups in total. The van der Waals surface area contributed by atoms with Gasteiger partial charge in [0.15, 0.2) is 23.3 Å². The molecule has 0 aliphatic carbocycles. The van der Waals surface area contributed by atoms with Crippen molar-refractivity contribution in [3.63, 3.8) is 0 Å². The monoisotopic (exact) mass is 291 g/mol. The van der Waals surface area contributed by atoms with Crippen LogP contribution in [-0.4, -0.2) is 33.9 Å². The van der Waals surface area contributed by atoms with Crippen molar-refractivity contribution in [2.75, 3.05) is 20.3 Å². The molecule has 0 saturated heterocycles. The number of nitrogens with zero attached hydrogens (tertiary/aromatic N) is 1. The molecule has 0 amide bonds. The summed E-state index contributed by atoms with van der Waals surface area (Å²) in [6.07, 6.45) is -1.05. The second kappa shape index (κ2) is 4.88. The van der Waals surface area contributed by atoms with Gasteiger partial charge in [-0.25, -0.2) is 22.0 Å². The molecular weight excluding hydrogens is 283 g/mol. The number of halogens is 7. The van der Waals surface area contributed by atoms with Gasteiger partial charge in [0, 0.05) is 0 Å². The summed E-state index contributed by atoms with van der Waals surface area (Å²) in [5, 5.41) is -1.98. The van der Waals surface area contributed by atoms with Crippen LogP contribution in [0.2, 0.25) is 0 Å². The highest BCUT2D eigenvalue weighted by Gasteiger charge is 2.47. The maximum atomic E-state index is 13.6. The van der Waals surface area contributed by atoms with Crippen molar-refractivity contribution >= 4 is 13.9 Å². The lowest BCUT2D eigenvalue weighted by Gasteiger charge is -2.19. The Morgan fingerprint density at radius 1 is 0.778 bits per heavy atom. The average Bonchev–Trinajstić information content (AvgIpc) is 2.21. The number of hydrogen-bond donors (Lipinski definition) is 0. The van der Waals surface area contributed by atoms with E-state index in [1.165, 1.54) is 14.1 Å². The lowest BCUT2D eigenvalue weighted by molar-refractivity contribution is 0.378. The van der Waals surface area contributed by atoms with E-state index in [9.17, 15) is 30.2 Å². The van der Waals surface area contributed by atoms with Crippen LogP contribution in [0.25, 0.3) is 0 Å². The summed E-state index contributed by atoms with van der Waals surface area (Å²) in [5.41, 5.74) is 0. The van der Waals surface area contributed by atoms with E-state index in [1.807, 2.05) is 0 Å². The van der Waals surface area contributed by atoms with Gasteiger partial charge in [0.05, 0.1) is 11.4 Å². The van der Waals surface area contributed by atoms with Crippen molar-refractivity contribution in [2.24, 2.45) is 0 Å². The Morgan fingerprint density at radius 2 is 1.11 bits per heavy atom. The molecule has 0 atom stereocenters. The van der Waals surface area contributed by atoms with E-state index in [2.05, 4.69) is 0 Å². The summed E-state index contributed by atoms with van der Waals surface area (Å²) < 4.78 is 91.7. The molecule has 0 fully saturated rings. The molecule has 1 nitrogen and oxygen atoms in total. The number of hydrogen-bond acceptors (Lipinski definition) is 1. The summed E-state index contributed by atoms with van der Waals surface area (Å²) in [7, 11) is -3.39. The number of rotatable bonds is 3. The van der Waals surface area contributed by atoms with Gasteiger partial charge in [-0.3, -0.25) is 8.22 Å². The third kappa shape index (κ3) is 2.51. The summed E-state index contributed by atoms with van der Waals surface area (Å²) in [5.74, 6) is -12.1. The van der Waals surface area contributed by atoms with Gasteiger partial charge in [-0.05, 0) is 14.1 Å². The van der Waals surface area contributed by atoms with Crippen LogP contribution in [0.15, 0.2) is 0 Å². The summed E-state index contributed by atoms with van der Waals surface area (Å²) >= 11 is 0. The standard InChI is InChI=1S/C9H8F7NSi/c1-17(2)3-18(15,16)9-7(13)5(11)4(10)6(12)8(9)14/h3H2,1-2H3. The molecular formula is C9H8F7NSi. The molecule has 102 valence electrons. The van der Waals surface area contributed by atoms with Crippen molar-refractivity contribution in [3.8, 4) is 0 Å². The Bertz CT molecular complexity index is 445. The van der Waals surface area contributed by atoms with E-state index in [-0.39, 0.29) is 0 Å². The van der Waals surface area contributed by atoms with E-state index in [1.54, 1.807) is 0 Å². The van der Waals surface area contributed by atoms with E-state index in [4.69, 9.17) is 0 Å². The third-order valence-electron chi connectivity index (χ3n) is 2.09. The predicted molar refractivity (Wildman–Crippen MR) is 52.4 cm³/mol. The normalized spacial score (nSPS) is 12.3. The molecule has 0 unspecified atom stereocenters. The topological polar surface area (TPSA) is 3.24 Å². The smallest absolute Gasteiger partial charge is 0.307 e. The lowest BCUT2D eigenvalue weighted by atomic mass is 10.3. The van der Waals surface area contributed by atoms with Crippen LogP contribution >= 0.6 is 0 Å². The first-order valence-electron chi connectivity index (χ1n) is 4.64. The largest absolute Gasteiger partial charge is 0.474 e. The van der Waals surface area contributed by atoms with Crippen LogP contribution in [0, 0.1) is 29.1 Å². The van der Waals surface area contributed by atoms with Gasteiger partial charge in [-0.1, -0.05) is 0 Å². The maximum Gasteiger partial charge on any atom is 0.474 e. The van der Waals surface area contributed by atoms with Crippen LogP contribution in [0.1, 0.15) is 0 Å². The summed E-state index contributed by atoms with van der Waals surface area (Å²) in [6, 6.07) is 0. The first kappa shape index (κ1) is 15.0. The van der Waals surface area contributed by atoms with Crippen LogP contribution in [-0.2, 0) is 0 Å². The second-order valence-electron chi connectivity index (χ2n) is 3.89. The zero-order valence-corrected chi connectivity index (χ0v) is 10.3. The van der Waals surface area contributed by atoms with Crippen molar-refractivity contribution in [2.45, 2.75) is 0 Å². The van der Waals surface area contributed by atoms with Crippen LogP contribution in [0.3, 0.4) is 0 Å². The zero-order chi connectivity index (χ0) is 14.2. The van der Waals surface area contributed by atoms with E-state index in [0.717, 1.165) is 4.90 Å². The fourth-order valence-corrected chi connectivity index (χ4v) is 3.22. The van der Waals surface area contributed by atoms with Gasteiger partial charge in [-0.2, -0.15) is 0 Å². The van der Waals surface area contributed by atoms with E-state index in [0.29, 0.717) is 0 Å². The Labute approximate surface area is 99.2 Å². The first-order valence-corrected chi connectivity index (χ1v) is 6.60. The lowest BCUT2D eigenvalue weighted by Crippen LogP contribution is -2.52. The fourth-order valence-electron chi connectivity index (χ4n) is 1.40. The molecule has 0 spiro atoms. The molecule has 0 saturated carbocycles. The van der Waals surface area contributed by atoms with Gasteiger partial charge in [-0.15, -0.1) is 0 Å². The molecule has 9 heteroatoms. The Balaban J connectivity index is 3.50. The average molecular weight is 291 g/mol. The van der Waals surface area contributed by atoms with Crippen molar-refractivity contribution in [1.29, 1.82) is 0 Å².